The van der Waals surface area contributed by atoms with Crippen LogP contribution in [0.3, 0.4) is 0 Å². The molecule has 114 valence electrons. The normalized spacial score (nSPS) is 11.7. The fourth-order valence-electron chi connectivity index (χ4n) is 1.69. The third kappa shape index (κ3) is 6.10. The molecule has 0 heterocycles. The first-order valence-electron chi connectivity index (χ1n) is 6.11. The average Bonchev–Trinajstić information content (AvgIpc) is 2.32. The molecule has 1 aromatic rings. The van der Waals surface area contributed by atoms with E-state index in [2.05, 4.69) is 49.4 Å². The zero-order chi connectivity index (χ0) is 14.4. The predicted molar refractivity (Wildman–Crippen MR) is 91.5 cm³/mol. The van der Waals surface area contributed by atoms with E-state index < -0.39 is 6.10 Å². The monoisotopic (exact) mass is 428 g/mol. The Morgan fingerprint density at radius 1 is 1.40 bits per heavy atom. The van der Waals surface area contributed by atoms with Gasteiger partial charge in [-0.05, 0) is 41.0 Å². The number of aliphatic hydroxyl groups is 1. The van der Waals surface area contributed by atoms with E-state index in [1.807, 2.05) is 12.1 Å². The molecule has 20 heavy (non-hydrogen) atoms. The first-order chi connectivity index (χ1) is 8.95. The van der Waals surface area contributed by atoms with Gasteiger partial charge >= 0.3 is 0 Å². The van der Waals surface area contributed by atoms with Crippen molar-refractivity contribution in [3.8, 4) is 0 Å². The van der Waals surface area contributed by atoms with Gasteiger partial charge in [0.05, 0.1) is 11.8 Å². The Morgan fingerprint density at radius 3 is 2.60 bits per heavy atom. The summed E-state index contributed by atoms with van der Waals surface area (Å²) in [5.74, 6) is -0.169. The highest BCUT2D eigenvalue weighted by atomic mass is 79.9. The number of rotatable bonds is 6. The van der Waals surface area contributed by atoms with Gasteiger partial charge < -0.3 is 15.7 Å². The summed E-state index contributed by atoms with van der Waals surface area (Å²) in [6.07, 6.45) is 0.329. The molecule has 0 fully saturated rings. The number of aliphatic hydroxyl groups excluding tert-OH is 1. The lowest BCUT2D eigenvalue weighted by atomic mass is 10.1. The number of carbonyl (C=O) groups excluding carboxylic acids is 1. The SMILES string of the molecule is CCCNCC(O)c1cc(Br)cc(Br)c1NC(C)=O.Cl. The molecule has 0 aromatic heterocycles. The van der Waals surface area contributed by atoms with Crippen LogP contribution in [-0.2, 0) is 4.79 Å². The van der Waals surface area contributed by atoms with Crippen LogP contribution in [0.1, 0.15) is 31.9 Å². The van der Waals surface area contributed by atoms with E-state index in [0.29, 0.717) is 17.8 Å². The molecule has 7 heteroatoms. The van der Waals surface area contributed by atoms with Crippen LogP contribution in [0.15, 0.2) is 21.1 Å². The molecule has 4 nitrogen and oxygen atoms in total. The summed E-state index contributed by atoms with van der Waals surface area (Å²) in [5.41, 5.74) is 1.29. The van der Waals surface area contributed by atoms with Crippen LogP contribution in [0.2, 0.25) is 0 Å². The number of carbonyl (C=O) groups is 1. The minimum atomic E-state index is -0.679. The Morgan fingerprint density at radius 2 is 2.05 bits per heavy atom. The Bertz CT molecular complexity index is 458. The van der Waals surface area contributed by atoms with Crippen LogP contribution in [0.4, 0.5) is 5.69 Å². The lowest BCUT2D eigenvalue weighted by Gasteiger charge is -2.18. The summed E-state index contributed by atoms with van der Waals surface area (Å²) in [7, 11) is 0. The molecule has 0 saturated heterocycles. The maximum atomic E-state index is 11.2. The Labute approximate surface area is 142 Å². The van der Waals surface area contributed by atoms with Crippen molar-refractivity contribution in [1.29, 1.82) is 0 Å². The molecular weight excluding hydrogens is 411 g/mol. The van der Waals surface area contributed by atoms with Gasteiger partial charge in [-0.3, -0.25) is 4.79 Å². The predicted octanol–water partition coefficient (Wildman–Crippen LogP) is 3.62. The van der Waals surface area contributed by atoms with E-state index in [0.717, 1.165) is 21.9 Å². The van der Waals surface area contributed by atoms with Crippen molar-refractivity contribution in [2.45, 2.75) is 26.4 Å². The highest BCUT2D eigenvalue weighted by molar-refractivity contribution is 9.11. The summed E-state index contributed by atoms with van der Waals surface area (Å²) < 4.78 is 1.58. The van der Waals surface area contributed by atoms with Crippen LogP contribution < -0.4 is 10.6 Å². The number of nitrogens with one attached hydrogen (secondary N) is 2. The summed E-state index contributed by atoms with van der Waals surface area (Å²) in [6.45, 7) is 4.81. The number of hydrogen-bond acceptors (Lipinski definition) is 3. The first kappa shape index (κ1) is 19.9. The van der Waals surface area contributed by atoms with Crippen LogP contribution in [0, 0.1) is 0 Å². The minimum absolute atomic E-state index is 0. The molecule has 0 aliphatic carbocycles. The van der Waals surface area contributed by atoms with Gasteiger partial charge in [0.25, 0.3) is 0 Å². The van der Waals surface area contributed by atoms with Gasteiger partial charge in [-0.1, -0.05) is 22.9 Å². The smallest absolute Gasteiger partial charge is 0.221 e. The fraction of sp³-hybridized carbons (Fsp3) is 0.462. The summed E-state index contributed by atoms with van der Waals surface area (Å²) >= 11 is 6.79. The Kier molecular flexibility index (Phi) is 9.67. The minimum Gasteiger partial charge on any atom is -0.387 e. The molecule has 0 saturated carbocycles. The number of halogens is 3. The van der Waals surface area contributed by atoms with Crippen molar-refractivity contribution >= 4 is 55.9 Å². The van der Waals surface area contributed by atoms with Gasteiger partial charge in [-0.2, -0.15) is 0 Å². The second-order valence-corrected chi connectivity index (χ2v) is 6.02. The molecule has 0 aliphatic heterocycles. The molecule has 1 unspecified atom stereocenters. The standard InChI is InChI=1S/C13H18Br2N2O2.ClH/c1-3-4-16-7-12(19)10-5-9(14)6-11(15)13(10)17-8(2)18;/h5-6,12,16,19H,3-4,7H2,1-2H3,(H,17,18);1H. The topological polar surface area (TPSA) is 61.4 Å². The number of benzene rings is 1. The highest BCUT2D eigenvalue weighted by Gasteiger charge is 2.16. The lowest BCUT2D eigenvalue weighted by molar-refractivity contribution is -0.114. The summed E-state index contributed by atoms with van der Waals surface area (Å²) in [5, 5.41) is 16.1. The van der Waals surface area contributed by atoms with Gasteiger partial charge in [-0.25, -0.2) is 0 Å². The second kappa shape index (κ2) is 9.73. The maximum absolute atomic E-state index is 11.2. The van der Waals surface area contributed by atoms with Crippen molar-refractivity contribution in [1.82, 2.24) is 5.32 Å². The molecule has 1 amide bonds. The van der Waals surface area contributed by atoms with Crippen molar-refractivity contribution in [2.75, 3.05) is 18.4 Å². The van der Waals surface area contributed by atoms with Crippen LogP contribution in [0.5, 0.6) is 0 Å². The molecule has 1 atom stereocenters. The molecule has 1 rings (SSSR count). The van der Waals surface area contributed by atoms with Crippen molar-refractivity contribution < 1.29 is 9.90 Å². The summed E-state index contributed by atoms with van der Waals surface area (Å²) in [4.78, 5) is 11.2. The van der Waals surface area contributed by atoms with Gasteiger partial charge in [0.15, 0.2) is 0 Å². The number of amides is 1. The molecule has 0 spiro atoms. The Balaban J connectivity index is 0.00000361. The van der Waals surface area contributed by atoms with Crippen LogP contribution >= 0.6 is 44.3 Å². The number of hydrogen-bond donors (Lipinski definition) is 3. The van der Waals surface area contributed by atoms with Gasteiger partial charge in [0, 0.05) is 28.0 Å². The largest absolute Gasteiger partial charge is 0.387 e. The van der Waals surface area contributed by atoms with Gasteiger partial charge in [0.1, 0.15) is 0 Å². The van der Waals surface area contributed by atoms with Crippen molar-refractivity contribution in [2.24, 2.45) is 0 Å². The van der Waals surface area contributed by atoms with E-state index in [9.17, 15) is 9.90 Å². The third-order valence-electron chi connectivity index (χ3n) is 2.51. The summed E-state index contributed by atoms with van der Waals surface area (Å²) in [6, 6.07) is 3.65. The van der Waals surface area contributed by atoms with Crippen molar-refractivity contribution in [3.63, 3.8) is 0 Å². The van der Waals surface area contributed by atoms with E-state index >= 15 is 0 Å². The van der Waals surface area contributed by atoms with Crippen LogP contribution in [0.25, 0.3) is 0 Å². The van der Waals surface area contributed by atoms with Crippen molar-refractivity contribution in [3.05, 3.63) is 26.6 Å². The molecule has 0 bridgehead atoms. The van der Waals surface area contributed by atoms with E-state index in [4.69, 9.17) is 0 Å². The highest BCUT2D eigenvalue weighted by Crippen LogP contribution is 2.34. The molecule has 0 aliphatic rings. The quantitative estimate of drug-likeness (QED) is 0.604. The van der Waals surface area contributed by atoms with E-state index in [1.54, 1.807) is 0 Å². The lowest BCUT2D eigenvalue weighted by Crippen LogP contribution is -2.23. The zero-order valence-electron chi connectivity index (χ0n) is 11.4. The van der Waals surface area contributed by atoms with Gasteiger partial charge in [-0.15, -0.1) is 12.4 Å². The Hall–Kier alpha value is -0.140. The fourth-order valence-corrected chi connectivity index (χ4v) is 3.05. The van der Waals surface area contributed by atoms with Gasteiger partial charge in [0.2, 0.25) is 5.91 Å². The first-order valence-corrected chi connectivity index (χ1v) is 7.69. The number of anilines is 1. The van der Waals surface area contributed by atoms with E-state index in [1.165, 1.54) is 6.92 Å². The van der Waals surface area contributed by atoms with Crippen LogP contribution in [-0.4, -0.2) is 24.1 Å². The zero-order valence-corrected chi connectivity index (χ0v) is 15.4. The average molecular weight is 431 g/mol. The molecule has 3 N–H and O–H groups in total. The molecule has 1 aromatic carbocycles. The molecule has 0 radical (unpaired) electrons. The maximum Gasteiger partial charge on any atom is 0.221 e. The van der Waals surface area contributed by atoms with E-state index in [-0.39, 0.29) is 18.3 Å². The molecular formula is C13H19Br2ClN2O2. The second-order valence-electron chi connectivity index (χ2n) is 4.25. The third-order valence-corrected chi connectivity index (χ3v) is 3.59.